The molecule has 110 valence electrons. The maximum absolute atomic E-state index is 11.7. The van der Waals surface area contributed by atoms with Gasteiger partial charge in [0.15, 0.2) is 0 Å². The van der Waals surface area contributed by atoms with E-state index >= 15 is 0 Å². The van der Waals surface area contributed by atoms with E-state index in [1.54, 1.807) is 12.2 Å². The number of rotatable bonds is 5. The molecule has 0 spiro atoms. The van der Waals surface area contributed by atoms with E-state index in [1.165, 1.54) is 11.3 Å². The molecule has 1 aromatic heterocycles. The zero-order valence-electron chi connectivity index (χ0n) is 11.8. The average molecular weight is 294 g/mol. The number of hydrogen-bond donors (Lipinski definition) is 2. The van der Waals surface area contributed by atoms with Gasteiger partial charge in [-0.25, -0.2) is 0 Å². The Bertz CT molecular complexity index is 462. The Hall–Kier alpha value is -1.17. The van der Waals surface area contributed by atoms with Crippen LogP contribution in [0.4, 0.5) is 0 Å². The second kappa shape index (κ2) is 7.57. The number of amides is 1. The number of nitrogens with one attached hydrogen (secondary N) is 1. The highest BCUT2D eigenvalue weighted by atomic mass is 32.1. The van der Waals surface area contributed by atoms with E-state index in [0.717, 1.165) is 42.9 Å². The van der Waals surface area contributed by atoms with Gasteiger partial charge in [0, 0.05) is 17.5 Å². The van der Waals surface area contributed by atoms with Gasteiger partial charge in [-0.15, -0.1) is 11.3 Å². The summed E-state index contributed by atoms with van der Waals surface area (Å²) in [7, 11) is 2.14. The van der Waals surface area contributed by atoms with Crippen molar-refractivity contribution < 1.29 is 9.90 Å². The number of piperidine rings is 1. The molecule has 0 bridgehead atoms. The van der Waals surface area contributed by atoms with Crippen LogP contribution in [0, 0.1) is 5.92 Å². The SMILES string of the molecule is CN1CCC(CNC(=O)C=Cc2cc(CO)cs2)CC1. The molecule has 0 saturated carbocycles. The number of carbonyl (C=O) groups is 1. The number of hydrogen-bond acceptors (Lipinski definition) is 4. The molecule has 0 aromatic carbocycles. The zero-order valence-corrected chi connectivity index (χ0v) is 12.7. The van der Waals surface area contributed by atoms with Crippen LogP contribution in [-0.2, 0) is 11.4 Å². The third-order valence-corrected chi connectivity index (χ3v) is 4.61. The van der Waals surface area contributed by atoms with Gasteiger partial charge < -0.3 is 15.3 Å². The number of aliphatic hydroxyl groups is 1. The summed E-state index contributed by atoms with van der Waals surface area (Å²) in [4.78, 5) is 15.1. The second-order valence-corrected chi connectivity index (χ2v) is 6.28. The molecular weight excluding hydrogens is 272 g/mol. The normalized spacial score (nSPS) is 17.7. The van der Waals surface area contributed by atoms with Crippen LogP contribution < -0.4 is 5.32 Å². The van der Waals surface area contributed by atoms with Gasteiger partial charge in [-0.3, -0.25) is 4.79 Å². The number of likely N-dealkylation sites (tertiary alicyclic amines) is 1. The highest BCUT2D eigenvalue weighted by Crippen LogP contribution is 2.16. The van der Waals surface area contributed by atoms with Crippen molar-refractivity contribution in [1.82, 2.24) is 10.2 Å². The molecular formula is C15H22N2O2S. The first-order valence-corrected chi connectivity index (χ1v) is 7.88. The highest BCUT2D eigenvalue weighted by molar-refractivity contribution is 7.11. The summed E-state index contributed by atoms with van der Waals surface area (Å²) in [6, 6.07) is 1.89. The molecule has 2 heterocycles. The molecule has 1 aromatic rings. The predicted molar refractivity (Wildman–Crippen MR) is 82.5 cm³/mol. The van der Waals surface area contributed by atoms with Crippen LogP contribution in [0.2, 0.25) is 0 Å². The molecule has 0 atom stereocenters. The van der Waals surface area contributed by atoms with Crippen molar-refractivity contribution in [3.8, 4) is 0 Å². The molecule has 2 N–H and O–H groups in total. The zero-order chi connectivity index (χ0) is 14.4. The van der Waals surface area contributed by atoms with Crippen LogP contribution in [0.25, 0.3) is 6.08 Å². The standard InChI is InChI=1S/C15H22N2O2S/c1-17-6-4-12(5-7-17)9-16-15(19)3-2-14-8-13(10-18)11-20-14/h2-3,8,11-12,18H,4-7,9-10H2,1H3,(H,16,19). The summed E-state index contributed by atoms with van der Waals surface area (Å²) in [5.41, 5.74) is 0.890. The van der Waals surface area contributed by atoms with Crippen molar-refractivity contribution in [2.45, 2.75) is 19.4 Å². The molecule has 2 rings (SSSR count). The number of aliphatic hydroxyl groups excluding tert-OH is 1. The molecule has 1 amide bonds. The van der Waals surface area contributed by atoms with Crippen molar-refractivity contribution in [1.29, 1.82) is 0 Å². The maximum Gasteiger partial charge on any atom is 0.244 e. The first-order valence-electron chi connectivity index (χ1n) is 7.00. The van der Waals surface area contributed by atoms with Crippen molar-refractivity contribution in [3.63, 3.8) is 0 Å². The summed E-state index contributed by atoms with van der Waals surface area (Å²) in [5.74, 6) is 0.564. The summed E-state index contributed by atoms with van der Waals surface area (Å²) >= 11 is 1.53. The van der Waals surface area contributed by atoms with Crippen molar-refractivity contribution in [2.24, 2.45) is 5.92 Å². The van der Waals surface area contributed by atoms with Gasteiger partial charge in [0.25, 0.3) is 0 Å². The van der Waals surface area contributed by atoms with Crippen LogP contribution in [0.3, 0.4) is 0 Å². The minimum Gasteiger partial charge on any atom is -0.392 e. The molecule has 20 heavy (non-hydrogen) atoms. The van der Waals surface area contributed by atoms with Crippen LogP contribution in [0.15, 0.2) is 17.5 Å². The lowest BCUT2D eigenvalue weighted by atomic mass is 9.97. The molecule has 0 unspecified atom stereocenters. The Morgan fingerprint density at radius 1 is 1.55 bits per heavy atom. The molecule has 4 nitrogen and oxygen atoms in total. The van der Waals surface area contributed by atoms with E-state index in [1.807, 2.05) is 11.4 Å². The van der Waals surface area contributed by atoms with E-state index in [9.17, 15) is 4.79 Å². The van der Waals surface area contributed by atoms with Gasteiger partial charge in [0.05, 0.1) is 6.61 Å². The minimum atomic E-state index is -0.0390. The number of thiophene rings is 1. The van der Waals surface area contributed by atoms with Crippen molar-refractivity contribution >= 4 is 23.3 Å². The molecule has 1 aliphatic heterocycles. The molecule has 0 aliphatic carbocycles. The van der Waals surface area contributed by atoms with Gasteiger partial charge in [-0.05, 0) is 62.0 Å². The Morgan fingerprint density at radius 3 is 2.95 bits per heavy atom. The van der Waals surface area contributed by atoms with E-state index in [-0.39, 0.29) is 12.5 Å². The van der Waals surface area contributed by atoms with E-state index < -0.39 is 0 Å². The van der Waals surface area contributed by atoms with E-state index in [4.69, 9.17) is 5.11 Å². The third kappa shape index (κ3) is 4.74. The largest absolute Gasteiger partial charge is 0.392 e. The summed E-state index contributed by atoms with van der Waals surface area (Å²) in [6.07, 6.45) is 5.69. The van der Waals surface area contributed by atoms with Gasteiger partial charge in [-0.2, -0.15) is 0 Å². The summed E-state index contributed by atoms with van der Waals surface area (Å²) in [6.45, 7) is 3.06. The highest BCUT2D eigenvalue weighted by Gasteiger charge is 2.16. The number of nitrogens with zero attached hydrogens (tertiary/aromatic N) is 1. The van der Waals surface area contributed by atoms with Crippen LogP contribution in [0.5, 0.6) is 0 Å². The van der Waals surface area contributed by atoms with Gasteiger partial charge >= 0.3 is 0 Å². The van der Waals surface area contributed by atoms with Gasteiger partial charge in [0.2, 0.25) is 5.91 Å². The van der Waals surface area contributed by atoms with Crippen molar-refractivity contribution in [2.75, 3.05) is 26.7 Å². The minimum absolute atomic E-state index is 0.0390. The maximum atomic E-state index is 11.7. The molecule has 1 saturated heterocycles. The fraction of sp³-hybridized carbons (Fsp3) is 0.533. The lowest BCUT2D eigenvalue weighted by Gasteiger charge is -2.28. The topological polar surface area (TPSA) is 52.6 Å². The smallest absolute Gasteiger partial charge is 0.244 e. The van der Waals surface area contributed by atoms with E-state index in [2.05, 4.69) is 17.3 Å². The first-order chi connectivity index (χ1) is 9.67. The molecule has 1 fully saturated rings. The first kappa shape index (κ1) is 15.2. The van der Waals surface area contributed by atoms with Crippen LogP contribution in [0.1, 0.15) is 23.3 Å². The fourth-order valence-corrected chi connectivity index (χ4v) is 3.09. The van der Waals surface area contributed by atoms with Crippen LogP contribution >= 0.6 is 11.3 Å². The predicted octanol–water partition coefficient (Wildman–Crippen LogP) is 1.71. The van der Waals surface area contributed by atoms with E-state index in [0.29, 0.717) is 5.92 Å². The Morgan fingerprint density at radius 2 is 2.30 bits per heavy atom. The van der Waals surface area contributed by atoms with Gasteiger partial charge in [0.1, 0.15) is 0 Å². The molecule has 5 heteroatoms. The fourth-order valence-electron chi connectivity index (χ4n) is 2.29. The quantitative estimate of drug-likeness (QED) is 0.813. The Labute approximate surface area is 124 Å². The second-order valence-electron chi connectivity index (χ2n) is 5.34. The molecule has 0 radical (unpaired) electrons. The average Bonchev–Trinajstić information content (AvgIpc) is 2.92. The summed E-state index contributed by atoms with van der Waals surface area (Å²) < 4.78 is 0. The van der Waals surface area contributed by atoms with Gasteiger partial charge in [-0.1, -0.05) is 0 Å². The lowest BCUT2D eigenvalue weighted by molar-refractivity contribution is -0.116. The molecule has 1 aliphatic rings. The monoisotopic (exact) mass is 294 g/mol. The third-order valence-electron chi connectivity index (χ3n) is 3.66. The Balaban J connectivity index is 1.72. The number of carbonyl (C=O) groups excluding carboxylic acids is 1. The van der Waals surface area contributed by atoms with Crippen LogP contribution in [-0.4, -0.2) is 42.6 Å². The van der Waals surface area contributed by atoms with Crippen molar-refractivity contribution in [3.05, 3.63) is 28.0 Å². The summed E-state index contributed by atoms with van der Waals surface area (Å²) in [5, 5.41) is 13.8. The Kier molecular flexibility index (Phi) is 5.76. The lowest BCUT2D eigenvalue weighted by Crippen LogP contribution is -2.36.